The molecule has 2 aromatic rings. The van der Waals surface area contributed by atoms with Gasteiger partial charge in [0, 0.05) is 19.7 Å². The number of methoxy groups -OCH3 is 1. The van der Waals surface area contributed by atoms with Gasteiger partial charge in [-0.25, -0.2) is 0 Å². The van der Waals surface area contributed by atoms with Crippen molar-refractivity contribution in [3.8, 4) is 5.75 Å². The summed E-state index contributed by atoms with van der Waals surface area (Å²) in [7, 11) is 1.71. The molecule has 0 bridgehead atoms. The van der Waals surface area contributed by atoms with Crippen molar-refractivity contribution in [3.63, 3.8) is 0 Å². The smallest absolute Gasteiger partial charge is 0.135 e. The molecule has 5 heteroatoms. The lowest BCUT2D eigenvalue weighted by Gasteiger charge is -2.39. The van der Waals surface area contributed by atoms with Crippen molar-refractivity contribution in [1.29, 1.82) is 0 Å². The predicted molar refractivity (Wildman–Crippen MR) is 133 cm³/mol. The van der Waals surface area contributed by atoms with Gasteiger partial charge in [0.05, 0.1) is 19.8 Å². The van der Waals surface area contributed by atoms with Crippen molar-refractivity contribution in [3.05, 3.63) is 53.5 Å². The van der Waals surface area contributed by atoms with Gasteiger partial charge in [-0.05, 0) is 67.3 Å². The zero-order chi connectivity index (χ0) is 23.4. The number of aliphatic hydroxyl groups is 1. The number of hydrogen-bond donors (Lipinski definition) is 1. The topological polar surface area (TPSA) is 55.1 Å². The molecule has 3 aliphatic rings. The Morgan fingerprint density at radius 1 is 0.971 bits per heavy atom. The molecule has 5 nitrogen and oxygen atoms in total. The lowest BCUT2D eigenvalue weighted by molar-refractivity contribution is -0.0495. The van der Waals surface area contributed by atoms with Crippen LogP contribution in [0, 0.1) is 11.8 Å². The molecular weight excluding hydrogens is 426 g/mol. The maximum atomic E-state index is 11.8. The van der Waals surface area contributed by atoms with Gasteiger partial charge in [-0.15, -0.1) is 0 Å². The number of hydrogen-bond acceptors (Lipinski definition) is 5. The Labute approximate surface area is 204 Å². The summed E-state index contributed by atoms with van der Waals surface area (Å²) in [6.07, 6.45) is 11.8. The molecule has 186 valence electrons. The van der Waals surface area contributed by atoms with Crippen molar-refractivity contribution < 1.29 is 19.0 Å². The summed E-state index contributed by atoms with van der Waals surface area (Å²) in [6.45, 7) is 3.25. The molecule has 5 rings (SSSR count). The van der Waals surface area contributed by atoms with E-state index in [2.05, 4.69) is 23.1 Å². The van der Waals surface area contributed by atoms with Gasteiger partial charge in [0.1, 0.15) is 22.9 Å². The van der Waals surface area contributed by atoms with Gasteiger partial charge in [0.2, 0.25) is 0 Å². The molecular formula is C29H41NO4. The molecule has 1 saturated heterocycles. The first-order valence-corrected chi connectivity index (χ1v) is 13.4. The van der Waals surface area contributed by atoms with Crippen LogP contribution in [-0.2, 0) is 23.4 Å². The molecule has 1 aliphatic heterocycles. The molecule has 1 unspecified atom stereocenters. The first kappa shape index (κ1) is 23.9. The fourth-order valence-corrected chi connectivity index (χ4v) is 5.86. The van der Waals surface area contributed by atoms with Crippen LogP contribution in [0.3, 0.4) is 0 Å². The second kappa shape index (κ2) is 10.8. The van der Waals surface area contributed by atoms with Crippen LogP contribution in [0.1, 0.15) is 81.3 Å². The quantitative estimate of drug-likeness (QED) is 0.413. The SMILES string of the molecule is COc1cccc(CN(Cc2ccc(C(O)(CC3CCC3)CC3CCC3)o2)CC2CCCO2)c1. The van der Waals surface area contributed by atoms with Gasteiger partial charge < -0.3 is 19.0 Å². The fraction of sp³-hybridized carbons (Fsp3) is 0.655. The van der Waals surface area contributed by atoms with Crippen molar-refractivity contribution in [1.82, 2.24) is 4.90 Å². The first-order valence-electron chi connectivity index (χ1n) is 13.4. The summed E-state index contributed by atoms with van der Waals surface area (Å²) < 4.78 is 17.8. The van der Waals surface area contributed by atoms with E-state index in [1.54, 1.807) is 7.11 Å². The van der Waals surface area contributed by atoms with Crippen molar-refractivity contribution in [2.75, 3.05) is 20.3 Å². The third-order valence-corrected chi connectivity index (χ3v) is 8.23. The van der Waals surface area contributed by atoms with E-state index in [9.17, 15) is 5.11 Å². The van der Waals surface area contributed by atoms with Gasteiger partial charge in [0.25, 0.3) is 0 Å². The predicted octanol–water partition coefficient (Wildman–Crippen LogP) is 6.04. The molecule has 0 spiro atoms. The normalized spacial score (nSPS) is 21.6. The number of ether oxygens (including phenoxy) is 2. The molecule has 3 fully saturated rings. The van der Waals surface area contributed by atoms with E-state index < -0.39 is 5.60 Å². The van der Waals surface area contributed by atoms with Gasteiger partial charge in [-0.2, -0.15) is 0 Å². The Kier molecular flexibility index (Phi) is 7.62. The van der Waals surface area contributed by atoms with Crippen LogP contribution in [0.4, 0.5) is 0 Å². The Balaban J connectivity index is 1.30. The Hall–Kier alpha value is -1.82. The standard InChI is InChI=1S/C29H41NO4/c1-32-25-11-4-10-24(16-25)19-30(20-26-12-5-15-33-26)21-27-13-14-28(34-27)29(31,17-22-6-2-7-22)18-23-8-3-9-23/h4,10-11,13-14,16,22-23,26,31H,2-3,5-9,12,15,17-21H2,1H3. The average Bonchev–Trinajstić information content (AvgIpc) is 3.46. The van der Waals surface area contributed by atoms with Crippen LogP contribution in [0.25, 0.3) is 0 Å². The van der Waals surface area contributed by atoms with Gasteiger partial charge in [-0.3, -0.25) is 4.90 Å². The molecule has 1 aromatic heterocycles. The lowest BCUT2D eigenvalue weighted by atomic mass is 9.70. The van der Waals surface area contributed by atoms with Crippen LogP contribution in [0.15, 0.2) is 40.8 Å². The van der Waals surface area contributed by atoms with Gasteiger partial charge in [-0.1, -0.05) is 50.7 Å². The lowest BCUT2D eigenvalue weighted by Crippen LogP contribution is -2.34. The summed E-state index contributed by atoms with van der Waals surface area (Å²) in [5.41, 5.74) is 0.399. The minimum absolute atomic E-state index is 0.272. The van der Waals surface area contributed by atoms with E-state index in [4.69, 9.17) is 13.9 Å². The summed E-state index contributed by atoms with van der Waals surface area (Å²) in [5, 5.41) is 11.8. The number of rotatable bonds is 12. The highest BCUT2D eigenvalue weighted by Gasteiger charge is 2.40. The number of furan rings is 1. The number of nitrogens with zero attached hydrogens (tertiary/aromatic N) is 1. The summed E-state index contributed by atoms with van der Waals surface area (Å²) in [5.74, 6) is 3.87. The van der Waals surface area contributed by atoms with E-state index in [0.29, 0.717) is 18.4 Å². The molecule has 0 radical (unpaired) electrons. The molecule has 34 heavy (non-hydrogen) atoms. The van der Waals surface area contributed by atoms with Gasteiger partial charge >= 0.3 is 0 Å². The summed E-state index contributed by atoms with van der Waals surface area (Å²) in [6, 6.07) is 12.4. The maximum Gasteiger partial charge on any atom is 0.135 e. The average molecular weight is 468 g/mol. The van der Waals surface area contributed by atoms with Crippen LogP contribution >= 0.6 is 0 Å². The highest BCUT2D eigenvalue weighted by molar-refractivity contribution is 5.28. The Bertz CT molecular complexity index is 894. The molecule has 1 atom stereocenters. The van der Waals surface area contributed by atoms with E-state index in [1.807, 2.05) is 18.2 Å². The van der Waals surface area contributed by atoms with E-state index in [-0.39, 0.29) is 6.10 Å². The van der Waals surface area contributed by atoms with Crippen molar-refractivity contribution in [2.45, 2.75) is 89.0 Å². The summed E-state index contributed by atoms with van der Waals surface area (Å²) >= 11 is 0. The van der Waals surface area contributed by atoms with Crippen LogP contribution in [-0.4, -0.2) is 36.4 Å². The maximum absolute atomic E-state index is 11.8. The molecule has 2 aliphatic carbocycles. The van der Waals surface area contributed by atoms with Crippen molar-refractivity contribution in [2.24, 2.45) is 11.8 Å². The first-order chi connectivity index (χ1) is 16.6. The zero-order valence-corrected chi connectivity index (χ0v) is 20.7. The third kappa shape index (κ3) is 5.87. The van der Waals surface area contributed by atoms with E-state index in [1.165, 1.54) is 44.1 Å². The van der Waals surface area contributed by atoms with Crippen LogP contribution in [0.5, 0.6) is 5.75 Å². The van der Waals surface area contributed by atoms with Crippen molar-refractivity contribution >= 4 is 0 Å². The molecule has 1 N–H and O–H groups in total. The minimum atomic E-state index is -0.819. The van der Waals surface area contributed by atoms with Crippen LogP contribution in [0.2, 0.25) is 0 Å². The Morgan fingerprint density at radius 2 is 1.74 bits per heavy atom. The second-order valence-electron chi connectivity index (χ2n) is 11.0. The molecule has 2 heterocycles. The molecule has 1 aromatic carbocycles. The largest absolute Gasteiger partial charge is 0.497 e. The fourth-order valence-electron chi connectivity index (χ4n) is 5.86. The zero-order valence-electron chi connectivity index (χ0n) is 20.7. The monoisotopic (exact) mass is 467 g/mol. The van der Waals surface area contributed by atoms with Gasteiger partial charge in [0.15, 0.2) is 0 Å². The summed E-state index contributed by atoms with van der Waals surface area (Å²) in [4.78, 5) is 2.41. The highest BCUT2D eigenvalue weighted by atomic mass is 16.5. The minimum Gasteiger partial charge on any atom is -0.497 e. The van der Waals surface area contributed by atoms with E-state index >= 15 is 0 Å². The third-order valence-electron chi connectivity index (χ3n) is 8.23. The molecule has 0 amide bonds. The highest BCUT2D eigenvalue weighted by Crippen LogP contribution is 2.45. The second-order valence-corrected chi connectivity index (χ2v) is 11.0. The Morgan fingerprint density at radius 3 is 2.35 bits per heavy atom. The number of benzene rings is 1. The molecule has 2 saturated carbocycles. The van der Waals surface area contributed by atoms with E-state index in [0.717, 1.165) is 62.6 Å². The van der Waals surface area contributed by atoms with Crippen LogP contribution < -0.4 is 4.74 Å².